The number of para-hydroxylation sites is 1. The predicted octanol–water partition coefficient (Wildman–Crippen LogP) is 4.77. The molecule has 3 aromatic rings. The van der Waals surface area contributed by atoms with Crippen LogP contribution in [0.15, 0.2) is 57.8 Å². The Labute approximate surface area is 173 Å². The first-order valence-electron chi connectivity index (χ1n) is 9.11. The predicted molar refractivity (Wildman–Crippen MR) is 113 cm³/mol. The van der Waals surface area contributed by atoms with Crippen LogP contribution in [0.2, 0.25) is 0 Å². The van der Waals surface area contributed by atoms with Crippen LogP contribution in [0.5, 0.6) is 0 Å². The minimum atomic E-state index is -0.255. The van der Waals surface area contributed by atoms with E-state index in [1.165, 1.54) is 12.1 Å². The molecule has 4 nitrogen and oxygen atoms in total. The summed E-state index contributed by atoms with van der Waals surface area (Å²) in [6.07, 6.45) is 2.02. The van der Waals surface area contributed by atoms with E-state index in [4.69, 9.17) is 4.42 Å². The van der Waals surface area contributed by atoms with Gasteiger partial charge in [-0.1, -0.05) is 18.2 Å². The largest absolute Gasteiger partial charge is 0.451 e. The van der Waals surface area contributed by atoms with Crippen LogP contribution >= 0.6 is 24.2 Å². The van der Waals surface area contributed by atoms with Gasteiger partial charge in [0.2, 0.25) is 0 Å². The average molecular weight is 421 g/mol. The number of carbonyl (C=O) groups excluding carboxylic acids is 1. The molecule has 1 aliphatic heterocycles. The quantitative estimate of drug-likeness (QED) is 0.584. The zero-order chi connectivity index (χ0) is 18.6. The van der Waals surface area contributed by atoms with Crippen molar-refractivity contribution in [3.63, 3.8) is 0 Å². The summed E-state index contributed by atoms with van der Waals surface area (Å²) in [4.78, 5) is 13.8. The number of carbonyl (C=O) groups is 1. The van der Waals surface area contributed by atoms with Gasteiger partial charge < -0.3 is 15.1 Å². The van der Waals surface area contributed by atoms with Gasteiger partial charge in [0, 0.05) is 34.2 Å². The molecule has 1 saturated heterocycles. The summed E-state index contributed by atoms with van der Waals surface area (Å²) in [6, 6.07) is 14.2. The second-order valence-corrected chi connectivity index (χ2v) is 7.71. The summed E-state index contributed by atoms with van der Waals surface area (Å²) in [5.41, 5.74) is 1.58. The number of fused-ring (bicyclic) bond motifs is 1. The Kier molecular flexibility index (Phi) is 6.99. The van der Waals surface area contributed by atoms with E-state index < -0.39 is 0 Å². The fraction of sp³-hybridized carbons (Fsp3) is 0.286. The maximum absolute atomic E-state index is 13.1. The number of halogens is 2. The molecule has 0 radical (unpaired) electrons. The Morgan fingerprint density at radius 3 is 2.75 bits per heavy atom. The Balaban J connectivity index is 0.00000225. The van der Waals surface area contributed by atoms with Gasteiger partial charge in [-0.2, -0.15) is 0 Å². The zero-order valence-electron chi connectivity index (χ0n) is 15.2. The van der Waals surface area contributed by atoms with Gasteiger partial charge >= 0.3 is 0 Å². The molecule has 4 rings (SSSR count). The van der Waals surface area contributed by atoms with Crippen LogP contribution in [0.1, 0.15) is 29.0 Å². The highest BCUT2D eigenvalue weighted by molar-refractivity contribution is 7.98. The van der Waals surface area contributed by atoms with Gasteiger partial charge in [0.15, 0.2) is 5.76 Å². The van der Waals surface area contributed by atoms with Crippen molar-refractivity contribution in [2.45, 2.75) is 29.5 Å². The lowest BCUT2D eigenvalue weighted by molar-refractivity contribution is 0.0904. The Bertz CT molecular complexity index is 939. The topological polar surface area (TPSA) is 54.3 Å². The van der Waals surface area contributed by atoms with E-state index in [-0.39, 0.29) is 30.2 Å². The number of rotatable bonds is 5. The third-order valence-electron chi connectivity index (χ3n) is 4.73. The van der Waals surface area contributed by atoms with Crippen LogP contribution in [0.25, 0.3) is 11.0 Å². The van der Waals surface area contributed by atoms with Gasteiger partial charge in [0.1, 0.15) is 11.4 Å². The molecule has 0 bridgehead atoms. The van der Waals surface area contributed by atoms with Crippen molar-refractivity contribution >= 4 is 41.0 Å². The normalized spacial score (nSPS) is 16.5. The molecule has 0 aliphatic carbocycles. The number of hydrogen-bond donors (Lipinski definition) is 2. The Morgan fingerprint density at radius 1 is 1.21 bits per heavy atom. The van der Waals surface area contributed by atoms with Crippen molar-refractivity contribution in [3.05, 3.63) is 65.7 Å². The lowest BCUT2D eigenvalue weighted by atomic mass is 10.1. The van der Waals surface area contributed by atoms with Crippen molar-refractivity contribution < 1.29 is 13.6 Å². The first-order chi connectivity index (χ1) is 13.2. The van der Waals surface area contributed by atoms with Crippen LogP contribution < -0.4 is 10.6 Å². The summed E-state index contributed by atoms with van der Waals surface area (Å²) in [6.45, 7) is 1.78. The van der Waals surface area contributed by atoms with Gasteiger partial charge in [-0.05, 0) is 49.7 Å². The molecule has 1 fully saturated rings. The second-order valence-electron chi connectivity index (χ2n) is 6.67. The highest BCUT2D eigenvalue weighted by Crippen LogP contribution is 2.32. The standard InChI is InChI=1S/C21H21FN2O2S.ClH/c22-14-7-9-16(10-8-14)27-13-18-17-5-1-2-6-19(17)26-20(18)21(25)24-15-4-3-11-23-12-15;/h1-2,5-10,15,23H,3-4,11-13H2,(H,24,25);1H/t15-;/m0./s1. The number of benzene rings is 2. The molecule has 148 valence electrons. The van der Waals surface area contributed by atoms with Crippen molar-refractivity contribution in [2.24, 2.45) is 0 Å². The average Bonchev–Trinajstić information content (AvgIpc) is 3.07. The van der Waals surface area contributed by atoms with Gasteiger partial charge in [-0.25, -0.2) is 4.39 Å². The van der Waals surface area contributed by atoms with Crippen LogP contribution in [-0.2, 0) is 5.75 Å². The third kappa shape index (κ3) is 4.69. The van der Waals surface area contributed by atoms with E-state index in [1.54, 1.807) is 23.9 Å². The van der Waals surface area contributed by atoms with Crippen LogP contribution in [0.3, 0.4) is 0 Å². The molecule has 1 atom stereocenters. The number of hydrogen-bond acceptors (Lipinski definition) is 4. The number of piperidine rings is 1. The maximum Gasteiger partial charge on any atom is 0.287 e. The minimum Gasteiger partial charge on any atom is -0.451 e. The summed E-state index contributed by atoms with van der Waals surface area (Å²) < 4.78 is 19.0. The van der Waals surface area contributed by atoms with E-state index in [9.17, 15) is 9.18 Å². The second kappa shape index (κ2) is 9.45. The number of thioether (sulfide) groups is 1. The zero-order valence-corrected chi connectivity index (χ0v) is 16.9. The molecular formula is C21H22ClFN2O2S. The van der Waals surface area contributed by atoms with E-state index >= 15 is 0 Å². The maximum atomic E-state index is 13.1. The molecule has 7 heteroatoms. The van der Waals surface area contributed by atoms with Crippen LogP contribution in [-0.4, -0.2) is 25.0 Å². The first kappa shape index (κ1) is 20.7. The first-order valence-corrected chi connectivity index (χ1v) is 10.1. The third-order valence-corrected chi connectivity index (χ3v) is 5.77. The monoisotopic (exact) mass is 420 g/mol. The number of amides is 1. The summed E-state index contributed by atoms with van der Waals surface area (Å²) in [5, 5.41) is 7.34. The summed E-state index contributed by atoms with van der Waals surface area (Å²) in [5.74, 6) is 0.522. The minimum absolute atomic E-state index is 0. The molecular weight excluding hydrogens is 399 g/mol. The number of nitrogens with one attached hydrogen (secondary N) is 2. The van der Waals surface area contributed by atoms with Crippen molar-refractivity contribution in [1.82, 2.24) is 10.6 Å². The van der Waals surface area contributed by atoms with E-state index in [0.29, 0.717) is 17.1 Å². The smallest absolute Gasteiger partial charge is 0.287 e. The van der Waals surface area contributed by atoms with Gasteiger partial charge in [0.25, 0.3) is 5.91 Å². The SMILES string of the molecule is Cl.O=C(N[C@H]1CCCNC1)c1oc2ccccc2c1CSc1ccc(F)cc1. The fourth-order valence-electron chi connectivity index (χ4n) is 3.34. The van der Waals surface area contributed by atoms with Crippen molar-refractivity contribution in [1.29, 1.82) is 0 Å². The van der Waals surface area contributed by atoms with Crippen molar-refractivity contribution in [2.75, 3.05) is 13.1 Å². The van der Waals surface area contributed by atoms with Crippen LogP contribution in [0.4, 0.5) is 4.39 Å². The molecule has 0 unspecified atom stereocenters. The Morgan fingerprint density at radius 2 is 2.00 bits per heavy atom. The molecule has 28 heavy (non-hydrogen) atoms. The van der Waals surface area contributed by atoms with Gasteiger partial charge in [-0.3, -0.25) is 4.79 Å². The van der Waals surface area contributed by atoms with Gasteiger partial charge in [-0.15, -0.1) is 24.2 Å². The highest BCUT2D eigenvalue weighted by atomic mass is 35.5. The molecule has 1 aliphatic rings. The molecule has 0 saturated carbocycles. The molecule has 2 aromatic carbocycles. The molecule has 2 N–H and O–H groups in total. The molecule has 2 heterocycles. The van der Waals surface area contributed by atoms with E-state index in [1.807, 2.05) is 24.3 Å². The molecule has 0 spiro atoms. The van der Waals surface area contributed by atoms with E-state index in [0.717, 1.165) is 41.8 Å². The molecule has 1 aromatic heterocycles. The summed E-state index contributed by atoms with van der Waals surface area (Å²) >= 11 is 1.56. The Hall–Kier alpha value is -2.02. The lowest BCUT2D eigenvalue weighted by Crippen LogP contribution is -2.45. The van der Waals surface area contributed by atoms with Gasteiger partial charge in [0.05, 0.1) is 0 Å². The summed E-state index contributed by atoms with van der Waals surface area (Å²) in [7, 11) is 0. The fourth-order valence-corrected chi connectivity index (χ4v) is 4.26. The number of furan rings is 1. The highest BCUT2D eigenvalue weighted by Gasteiger charge is 2.23. The van der Waals surface area contributed by atoms with Crippen molar-refractivity contribution in [3.8, 4) is 0 Å². The lowest BCUT2D eigenvalue weighted by Gasteiger charge is -2.23. The van der Waals surface area contributed by atoms with Crippen LogP contribution in [0, 0.1) is 5.82 Å². The van der Waals surface area contributed by atoms with E-state index in [2.05, 4.69) is 10.6 Å². The molecule has 1 amide bonds.